The van der Waals surface area contributed by atoms with E-state index in [9.17, 15) is 4.79 Å². The third-order valence-corrected chi connectivity index (χ3v) is 5.56. The second-order valence-electron chi connectivity index (χ2n) is 6.49. The Morgan fingerprint density at radius 3 is 2.80 bits per heavy atom. The van der Waals surface area contributed by atoms with E-state index in [1.165, 1.54) is 5.57 Å². The SMILES string of the molecule is CO[C@@H]1C(=O)CC[C@@H]2C=C(C)[C@@H]3[C@@H](CO[C@]3(C)OC)[C@H]12. The average Bonchev–Trinajstić information content (AvgIpc) is 2.79. The molecule has 1 saturated carbocycles. The number of carbonyl (C=O) groups is 1. The number of hydrogen-bond donors (Lipinski definition) is 0. The third-order valence-electron chi connectivity index (χ3n) is 5.56. The molecule has 2 fully saturated rings. The maximum absolute atomic E-state index is 12.2. The van der Waals surface area contributed by atoms with Gasteiger partial charge < -0.3 is 14.2 Å². The zero-order valence-corrected chi connectivity index (χ0v) is 12.7. The molecule has 4 nitrogen and oxygen atoms in total. The largest absolute Gasteiger partial charge is 0.373 e. The molecule has 6 atom stereocenters. The first kappa shape index (κ1) is 14.2. The second-order valence-corrected chi connectivity index (χ2v) is 6.49. The highest BCUT2D eigenvalue weighted by Crippen LogP contribution is 2.53. The summed E-state index contributed by atoms with van der Waals surface area (Å²) in [5.41, 5.74) is 1.34. The lowest BCUT2D eigenvalue weighted by Crippen LogP contribution is -2.50. The molecule has 3 aliphatic rings. The van der Waals surface area contributed by atoms with Gasteiger partial charge in [-0.05, 0) is 26.2 Å². The lowest BCUT2D eigenvalue weighted by Gasteiger charge is -2.45. The Bertz CT molecular complexity index is 444. The first-order valence-corrected chi connectivity index (χ1v) is 7.44. The Morgan fingerprint density at radius 2 is 2.15 bits per heavy atom. The topological polar surface area (TPSA) is 44.8 Å². The summed E-state index contributed by atoms with van der Waals surface area (Å²) in [4.78, 5) is 12.2. The Hall–Kier alpha value is -0.710. The molecule has 4 heteroatoms. The number of methoxy groups -OCH3 is 2. The van der Waals surface area contributed by atoms with Crippen LogP contribution in [-0.4, -0.2) is 38.5 Å². The predicted molar refractivity (Wildman–Crippen MR) is 74.1 cm³/mol. The van der Waals surface area contributed by atoms with Gasteiger partial charge in [0.1, 0.15) is 6.10 Å². The van der Waals surface area contributed by atoms with Gasteiger partial charge in [0.2, 0.25) is 0 Å². The van der Waals surface area contributed by atoms with Crippen LogP contribution in [0, 0.1) is 23.7 Å². The first-order valence-electron chi connectivity index (χ1n) is 7.44. The minimum absolute atomic E-state index is 0.220. The summed E-state index contributed by atoms with van der Waals surface area (Å²) in [6.07, 6.45) is 3.61. The minimum atomic E-state index is -0.574. The fourth-order valence-corrected chi connectivity index (χ4v) is 4.66. The fourth-order valence-electron chi connectivity index (χ4n) is 4.66. The zero-order chi connectivity index (χ0) is 14.5. The van der Waals surface area contributed by atoms with Crippen LogP contribution in [0.1, 0.15) is 26.7 Å². The van der Waals surface area contributed by atoms with Gasteiger partial charge in [0.05, 0.1) is 6.61 Å². The van der Waals surface area contributed by atoms with Crippen molar-refractivity contribution in [3.63, 3.8) is 0 Å². The van der Waals surface area contributed by atoms with Crippen LogP contribution >= 0.6 is 0 Å². The van der Waals surface area contributed by atoms with Crippen LogP contribution in [0.5, 0.6) is 0 Å². The van der Waals surface area contributed by atoms with Crippen molar-refractivity contribution in [2.45, 2.75) is 38.6 Å². The molecule has 0 aromatic heterocycles. The highest BCUT2D eigenvalue weighted by molar-refractivity contribution is 5.84. The van der Waals surface area contributed by atoms with Crippen LogP contribution in [0.25, 0.3) is 0 Å². The maximum Gasteiger partial charge on any atom is 0.171 e. The summed E-state index contributed by atoms with van der Waals surface area (Å²) < 4.78 is 17.1. The maximum atomic E-state index is 12.2. The molecule has 0 N–H and O–H groups in total. The molecule has 1 heterocycles. The summed E-state index contributed by atoms with van der Waals surface area (Å²) >= 11 is 0. The van der Waals surface area contributed by atoms with E-state index in [0.717, 1.165) is 6.42 Å². The third kappa shape index (κ3) is 1.89. The van der Waals surface area contributed by atoms with Crippen molar-refractivity contribution >= 4 is 5.78 Å². The molecule has 20 heavy (non-hydrogen) atoms. The van der Waals surface area contributed by atoms with E-state index in [4.69, 9.17) is 14.2 Å². The summed E-state index contributed by atoms with van der Waals surface area (Å²) in [7, 11) is 3.35. The molecule has 0 amide bonds. The monoisotopic (exact) mass is 280 g/mol. The Balaban J connectivity index is 1.99. The summed E-state index contributed by atoms with van der Waals surface area (Å²) in [6, 6.07) is 0. The van der Waals surface area contributed by atoms with Gasteiger partial charge in [-0.3, -0.25) is 4.79 Å². The van der Waals surface area contributed by atoms with Gasteiger partial charge in [-0.25, -0.2) is 0 Å². The van der Waals surface area contributed by atoms with Crippen LogP contribution in [0.3, 0.4) is 0 Å². The predicted octanol–water partition coefficient (Wildman–Crippen LogP) is 2.18. The second kappa shape index (κ2) is 4.93. The Kier molecular flexibility index (Phi) is 3.51. The molecular weight excluding hydrogens is 256 g/mol. The standard InChI is InChI=1S/C16H24O4/c1-9-7-10-5-6-12(17)15(18-3)13(10)11-8-20-16(2,19-4)14(9)11/h7,10-11,13-15H,5-6,8H2,1-4H3/t10-,11+,13-,14-,15-,16+/m1/s1. The van der Waals surface area contributed by atoms with E-state index < -0.39 is 5.79 Å². The van der Waals surface area contributed by atoms with Gasteiger partial charge >= 0.3 is 0 Å². The lowest BCUT2D eigenvalue weighted by atomic mass is 9.61. The average molecular weight is 280 g/mol. The number of ketones is 1. The van der Waals surface area contributed by atoms with Gasteiger partial charge in [-0.1, -0.05) is 11.6 Å². The number of ether oxygens (including phenoxy) is 3. The first-order chi connectivity index (χ1) is 9.51. The quantitative estimate of drug-likeness (QED) is 0.727. The number of allylic oxidation sites excluding steroid dienone is 1. The molecular formula is C16H24O4. The molecule has 1 saturated heterocycles. The smallest absolute Gasteiger partial charge is 0.171 e. The van der Waals surface area contributed by atoms with E-state index in [2.05, 4.69) is 13.0 Å². The van der Waals surface area contributed by atoms with Crippen LogP contribution < -0.4 is 0 Å². The summed E-state index contributed by atoms with van der Waals surface area (Å²) in [5.74, 6) is 0.858. The van der Waals surface area contributed by atoms with Gasteiger partial charge in [0.15, 0.2) is 11.6 Å². The van der Waals surface area contributed by atoms with Crippen molar-refractivity contribution in [1.29, 1.82) is 0 Å². The zero-order valence-electron chi connectivity index (χ0n) is 12.7. The molecule has 0 spiro atoms. The van der Waals surface area contributed by atoms with Crippen molar-refractivity contribution in [3.8, 4) is 0 Å². The van der Waals surface area contributed by atoms with E-state index >= 15 is 0 Å². The number of hydrogen-bond acceptors (Lipinski definition) is 4. The normalized spacial score (nSPS) is 47.7. The molecule has 0 aromatic rings. The number of rotatable bonds is 2. The van der Waals surface area contributed by atoms with Gasteiger partial charge in [0.25, 0.3) is 0 Å². The van der Waals surface area contributed by atoms with Crippen LogP contribution in [-0.2, 0) is 19.0 Å². The van der Waals surface area contributed by atoms with Crippen LogP contribution in [0.2, 0.25) is 0 Å². The van der Waals surface area contributed by atoms with Crippen LogP contribution in [0.4, 0.5) is 0 Å². The van der Waals surface area contributed by atoms with E-state index in [1.807, 2.05) is 6.92 Å². The van der Waals surface area contributed by atoms with Crippen molar-refractivity contribution in [2.24, 2.45) is 23.7 Å². The fraction of sp³-hybridized carbons (Fsp3) is 0.812. The molecule has 112 valence electrons. The summed E-state index contributed by atoms with van der Waals surface area (Å²) in [5, 5.41) is 0. The van der Waals surface area contributed by atoms with E-state index in [0.29, 0.717) is 24.9 Å². The molecule has 1 aliphatic heterocycles. The molecule has 0 radical (unpaired) electrons. The number of fused-ring (bicyclic) bond motifs is 3. The highest BCUT2D eigenvalue weighted by Gasteiger charge is 2.57. The lowest BCUT2D eigenvalue weighted by molar-refractivity contribution is -0.196. The summed E-state index contributed by atoms with van der Waals surface area (Å²) in [6.45, 7) is 4.81. The van der Waals surface area contributed by atoms with E-state index in [1.54, 1.807) is 14.2 Å². The van der Waals surface area contributed by atoms with Crippen molar-refractivity contribution in [3.05, 3.63) is 11.6 Å². The van der Waals surface area contributed by atoms with E-state index in [-0.39, 0.29) is 23.7 Å². The Morgan fingerprint density at radius 1 is 1.40 bits per heavy atom. The highest BCUT2D eigenvalue weighted by atomic mass is 16.7. The van der Waals surface area contributed by atoms with Crippen molar-refractivity contribution in [1.82, 2.24) is 0 Å². The van der Waals surface area contributed by atoms with Crippen molar-refractivity contribution < 1.29 is 19.0 Å². The van der Waals surface area contributed by atoms with Gasteiger partial charge in [-0.15, -0.1) is 0 Å². The van der Waals surface area contributed by atoms with Gasteiger partial charge in [0, 0.05) is 38.4 Å². The molecule has 3 rings (SSSR count). The minimum Gasteiger partial charge on any atom is -0.373 e. The van der Waals surface area contributed by atoms with Crippen LogP contribution in [0.15, 0.2) is 11.6 Å². The molecule has 0 bridgehead atoms. The number of Topliss-reactive ketones (excluding diaryl/α,β-unsaturated/α-hetero) is 1. The number of carbonyl (C=O) groups excluding carboxylic acids is 1. The van der Waals surface area contributed by atoms with Gasteiger partial charge in [-0.2, -0.15) is 0 Å². The molecule has 0 aromatic carbocycles. The van der Waals surface area contributed by atoms with Crippen molar-refractivity contribution in [2.75, 3.05) is 20.8 Å². The Labute approximate surface area is 120 Å². The molecule has 0 unspecified atom stereocenters. The molecule has 2 aliphatic carbocycles.